The lowest BCUT2D eigenvalue weighted by Gasteiger charge is -2.19. The molecule has 1 heterocycles. The lowest BCUT2D eigenvalue weighted by atomic mass is 10.1. The van der Waals surface area contributed by atoms with E-state index in [-0.39, 0.29) is 11.2 Å². The van der Waals surface area contributed by atoms with Crippen LogP contribution in [-0.4, -0.2) is 35.1 Å². The zero-order valence-corrected chi connectivity index (χ0v) is 16.6. The molecular weight excluding hydrogens is 388 g/mol. The van der Waals surface area contributed by atoms with Gasteiger partial charge in [0.25, 0.3) is 0 Å². The van der Waals surface area contributed by atoms with E-state index in [9.17, 15) is 4.79 Å². The monoisotopic (exact) mass is 404 g/mol. The van der Waals surface area contributed by atoms with E-state index in [0.29, 0.717) is 10.2 Å². The van der Waals surface area contributed by atoms with E-state index in [4.69, 9.17) is 11.6 Å². The minimum absolute atomic E-state index is 0.0146. The highest BCUT2D eigenvalue weighted by molar-refractivity contribution is 8.01. The highest BCUT2D eigenvalue weighted by Gasteiger charge is 2.25. The molecule has 134 valence electrons. The molecule has 5 nitrogen and oxygen atoms in total. The summed E-state index contributed by atoms with van der Waals surface area (Å²) in [7, 11) is 3.51. The average molecular weight is 405 g/mol. The van der Waals surface area contributed by atoms with Crippen LogP contribution >= 0.6 is 34.7 Å². The molecule has 2 aromatic carbocycles. The lowest BCUT2D eigenvalue weighted by molar-refractivity contribution is -0.128. The number of carbonyl (C=O) groups excluding carboxylic acids is 1. The molecule has 1 amide bonds. The molecule has 0 unspecified atom stereocenters. The van der Waals surface area contributed by atoms with Crippen LogP contribution in [0.4, 0.5) is 10.8 Å². The number of anilines is 2. The van der Waals surface area contributed by atoms with Crippen LogP contribution in [0, 0.1) is 0 Å². The van der Waals surface area contributed by atoms with Crippen molar-refractivity contribution in [3.8, 4) is 0 Å². The van der Waals surface area contributed by atoms with Gasteiger partial charge in [0.2, 0.25) is 11.0 Å². The molecule has 0 radical (unpaired) electrons. The van der Waals surface area contributed by atoms with Crippen LogP contribution in [0.5, 0.6) is 0 Å². The number of hydrogen-bond donors (Lipinski definition) is 1. The molecule has 0 bridgehead atoms. The van der Waals surface area contributed by atoms with E-state index < -0.39 is 0 Å². The van der Waals surface area contributed by atoms with Gasteiger partial charge in [-0.2, -0.15) is 0 Å². The first-order chi connectivity index (χ1) is 12.5. The predicted octanol–water partition coefficient (Wildman–Crippen LogP) is 4.86. The highest BCUT2D eigenvalue weighted by atomic mass is 35.5. The Labute approximate surface area is 165 Å². The molecule has 0 spiro atoms. The van der Waals surface area contributed by atoms with Crippen molar-refractivity contribution in [2.75, 3.05) is 19.4 Å². The van der Waals surface area contributed by atoms with Crippen molar-refractivity contribution in [2.24, 2.45) is 0 Å². The van der Waals surface area contributed by atoms with Crippen LogP contribution < -0.4 is 5.32 Å². The molecule has 3 rings (SSSR count). The number of aromatic nitrogens is 2. The number of halogens is 1. The molecule has 0 saturated carbocycles. The number of carbonyl (C=O) groups is 1. The summed E-state index contributed by atoms with van der Waals surface area (Å²) in [6.45, 7) is 0. The van der Waals surface area contributed by atoms with E-state index in [1.54, 1.807) is 19.0 Å². The van der Waals surface area contributed by atoms with Gasteiger partial charge in [0.15, 0.2) is 4.34 Å². The van der Waals surface area contributed by atoms with Gasteiger partial charge in [0.1, 0.15) is 5.25 Å². The number of thioether (sulfide) groups is 1. The Morgan fingerprint density at radius 3 is 2.62 bits per heavy atom. The third-order valence-electron chi connectivity index (χ3n) is 3.47. The Balaban J connectivity index is 1.77. The number of hydrogen-bond acceptors (Lipinski definition) is 6. The fourth-order valence-corrected chi connectivity index (χ4v) is 4.52. The quantitative estimate of drug-likeness (QED) is 0.594. The molecule has 8 heteroatoms. The fraction of sp³-hybridized carbons (Fsp3) is 0.167. The van der Waals surface area contributed by atoms with Gasteiger partial charge in [-0.15, -0.1) is 10.2 Å². The zero-order valence-electron chi connectivity index (χ0n) is 14.2. The van der Waals surface area contributed by atoms with Crippen molar-refractivity contribution in [3.63, 3.8) is 0 Å². The summed E-state index contributed by atoms with van der Waals surface area (Å²) in [5, 5.41) is 12.5. The Morgan fingerprint density at radius 2 is 1.92 bits per heavy atom. The molecule has 0 aliphatic rings. The number of nitrogens with zero attached hydrogens (tertiary/aromatic N) is 3. The standard InChI is InChI=1S/C18H17ClN4OS2/c1-23(2)16(24)15(12-7-4-3-5-8-12)25-18-22-21-17(26-18)20-14-10-6-9-13(19)11-14/h3-11,15H,1-2H3,(H,20,21)/t15-/m0/s1. The van der Waals surface area contributed by atoms with Crippen LogP contribution in [0.15, 0.2) is 58.9 Å². The largest absolute Gasteiger partial charge is 0.348 e. The molecule has 0 fully saturated rings. The van der Waals surface area contributed by atoms with Gasteiger partial charge >= 0.3 is 0 Å². The first-order valence-electron chi connectivity index (χ1n) is 7.82. The molecule has 3 aromatic rings. The summed E-state index contributed by atoms with van der Waals surface area (Å²) in [6, 6.07) is 17.1. The minimum atomic E-state index is -0.363. The minimum Gasteiger partial charge on any atom is -0.348 e. The first-order valence-corrected chi connectivity index (χ1v) is 9.89. The van der Waals surface area contributed by atoms with E-state index in [0.717, 1.165) is 15.6 Å². The molecule has 1 aromatic heterocycles. The van der Waals surface area contributed by atoms with Gasteiger partial charge in [-0.25, -0.2) is 0 Å². The van der Waals surface area contributed by atoms with Crippen LogP contribution in [0.3, 0.4) is 0 Å². The van der Waals surface area contributed by atoms with Gasteiger partial charge < -0.3 is 10.2 Å². The molecule has 1 N–H and O–H groups in total. The van der Waals surface area contributed by atoms with Crippen LogP contribution in [0.25, 0.3) is 0 Å². The Morgan fingerprint density at radius 1 is 1.15 bits per heavy atom. The summed E-state index contributed by atoms with van der Waals surface area (Å²) in [5.74, 6) is 0.0146. The Bertz CT molecular complexity index is 886. The predicted molar refractivity (Wildman–Crippen MR) is 108 cm³/mol. The van der Waals surface area contributed by atoms with Crippen LogP contribution in [0.2, 0.25) is 5.02 Å². The summed E-state index contributed by atoms with van der Waals surface area (Å²) in [4.78, 5) is 14.2. The summed E-state index contributed by atoms with van der Waals surface area (Å²) < 4.78 is 0.721. The number of rotatable bonds is 6. The summed E-state index contributed by atoms with van der Waals surface area (Å²) in [5.41, 5.74) is 1.78. The van der Waals surface area contributed by atoms with E-state index in [1.165, 1.54) is 23.1 Å². The SMILES string of the molecule is CN(C)C(=O)[C@@H](Sc1nnc(Nc2cccc(Cl)c2)s1)c1ccccc1. The van der Waals surface area contributed by atoms with Crippen LogP contribution in [0.1, 0.15) is 10.8 Å². The Kier molecular flexibility index (Phi) is 6.13. The van der Waals surface area contributed by atoms with Crippen molar-refractivity contribution in [2.45, 2.75) is 9.59 Å². The summed E-state index contributed by atoms with van der Waals surface area (Å²) >= 11 is 8.80. The molecule has 26 heavy (non-hydrogen) atoms. The normalized spacial score (nSPS) is 11.8. The topological polar surface area (TPSA) is 58.1 Å². The first kappa shape index (κ1) is 18.7. The second-order valence-corrected chi connectivity index (χ2v) is 8.42. The van der Waals surface area contributed by atoms with Crippen LogP contribution in [-0.2, 0) is 4.79 Å². The highest BCUT2D eigenvalue weighted by Crippen LogP contribution is 2.39. The van der Waals surface area contributed by atoms with Gasteiger partial charge in [0, 0.05) is 24.8 Å². The van der Waals surface area contributed by atoms with Crippen molar-refractivity contribution in [1.29, 1.82) is 0 Å². The van der Waals surface area contributed by atoms with Gasteiger partial charge in [0.05, 0.1) is 0 Å². The molecule has 0 saturated heterocycles. The summed E-state index contributed by atoms with van der Waals surface area (Å²) in [6.07, 6.45) is 0. The van der Waals surface area contributed by atoms with E-state index >= 15 is 0 Å². The Hall–Kier alpha value is -2.09. The van der Waals surface area contributed by atoms with Crippen molar-refractivity contribution in [1.82, 2.24) is 15.1 Å². The van der Waals surface area contributed by atoms with Gasteiger partial charge in [-0.05, 0) is 23.8 Å². The number of nitrogens with one attached hydrogen (secondary N) is 1. The smallest absolute Gasteiger partial charge is 0.240 e. The van der Waals surface area contributed by atoms with Crippen molar-refractivity contribution in [3.05, 3.63) is 65.2 Å². The lowest BCUT2D eigenvalue weighted by Crippen LogP contribution is -2.26. The molecule has 0 aliphatic heterocycles. The molecule has 1 atom stereocenters. The maximum Gasteiger partial charge on any atom is 0.240 e. The third-order valence-corrected chi connectivity index (χ3v) is 5.87. The average Bonchev–Trinajstić information content (AvgIpc) is 3.07. The van der Waals surface area contributed by atoms with E-state index in [2.05, 4.69) is 15.5 Å². The zero-order chi connectivity index (χ0) is 18.5. The second-order valence-electron chi connectivity index (χ2n) is 5.65. The number of amides is 1. The molecule has 0 aliphatic carbocycles. The second kappa shape index (κ2) is 8.53. The third kappa shape index (κ3) is 4.75. The van der Waals surface area contributed by atoms with Crippen molar-refractivity contribution >= 4 is 51.4 Å². The fourth-order valence-electron chi connectivity index (χ4n) is 2.22. The number of likely N-dealkylation sites (N-methyl/N-ethyl adjacent to an activating group) is 1. The van der Waals surface area contributed by atoms with E-state index in [1.807, 2.05) is 54.6 Å². The van der Waals surface area contributed by atoms with Gasteiger partial charge in [-0.3, -0.25) is 4.79 Å². The maximum absolute atomic E-state index is 12.6. The molecular formula is C18H17ClN4OS2. The number of benzene rings is 2. The van der Waals surface area contributed by atoms with Gasteiger partial charge in [-0.1, -0.05) is 71.1 Å². The maximum atomic E-state index is 12.6. The van der Waals surface area contributed by atoms with Crippen molar-refractivity contribution < 1.29 is 4.79 Å².